The third kappa shape index (κ3) is 4.42. The van der Waals surface area contributed by atoms with E-state index in [1.807, 2.05) is 0 Å². The van der Waals surface area contributed by atoms with Crippen LogP contribution < -0.4 is 0 Å². The normalized spacial score (nSPS) is 12.2. The standard InChI is InChI=1S/La.H2O6S2/c;1-7(2,3)8(4,5)6/h;(H,1,2,3)(H,4,5,6). The molecule has 9 heteroatoms. The maximum atomic E-state index is 9.37. The number of hydrogen-bond acceptors (Lipinski definition) is 4. The van der Waals surface area contributed by atoms with E-state index >= 15 is 0 Å². The average Bonchev–Trinajstić information content (AvgIpc) is 1.25. The molecule has 0 saturated carbocycles. The van der Waals surface area contributed by atoms with Crippen molar-refractivity contribution < 1.29 is 61.5 Å². The Morgan fingerprint density at radius 3 is 0.889 bits per heavy atom. The predicted molar refractivity (Wildman–Crippen MR) is 23.1 cm³/mol. The van der Waals surface area contributed by atoms with Crippen molar-refractivity contribution in [3.05, 3.63) is 0 Å². The molecule has 2 N–H and O–H groups in total. The molecule has 0 aromatic heterocycles. The molecular weight excluding hydrogens is 299 g/mol. The monoisotopic (exact) mass is 301 g/mol. The molecule has 0 atom stereocenters. The maximum Gasteiger partial charge on any atom is 0.397 e. The molecule has 0 aromatic rings. The van der Waals surface area contributed by atoms with Gasteiger partial charge in [-0.25, -0.2) is 0 Å². The second-order valence-electron chi connectivity index (χ2n) is 0.855. The third-order valence-corrected chi connectivity index (χ3v) is 2.40. The van der Waals surface area contributed by atoms with E-state index < -0.39 is 18.3 Å². The van der Waals surface area contributed by atoms with Gasteiger partial charge in [-0.2, -0.15) is 16.8 Å². The molecule has 9 heavy (non-hydrogen) atoms. The van der Waals surface area contributed by atoms with Gasteiger partial charge in [0.2, 0.25) is 0 Å². The Kier molecular flexibility index (Phi) is 4.81. The van der Waals surface area contributed by atoms with Crippen LogP contribution in [0, 0.1) is 35.6 Å². The first-order chi connectivity index (χ1) is 3.25. The summed E-state index contributed by atoms with van der Waals surface area (Å²) in [6, 6.07) is 0. The van der Waals surface area contributed by atoms with Crippen molar-refractivity contribution >= 4 is 18.3 Å². The number of hydrogen-bond donors (Lipinski definition) is 2. The molecule has 0 aromatic carbocycles. The van der Waals surface area contributed by atoms with E-state index in [1.54, 1.807) is 0 Å². The third-order valence-electron chi connectivity index (χ3n) is 0.266. The van der Waals surface area contributed by atoms with E-state index in [2.05, 4.69) is 0 Å². The fourth-order valence-corrected chi connectivity index (χ4v) is 0. The zero-order valence-electron chi connectivity index (χ0n) is 3.92. The van der Waals surface area contributed by atoms with E-state index in [4.69, 9.17) is 9.11 Å². The largest absolute Gasteiger partial charge is 0.397 e. The summed E-state index contributed by atoms with van der Waals surface area (Å²) in [5, 5.41) is 0. The minimum absolute atomic E-state index is 0. The van der Waals surface area contributed by atoms with Gasteiger partial charge < -0.3 is 0 Å². The van der Waals surface area contributed by atoms with Crippen LogP contribution >= 0.6 is 0 Å². The summed E-state index contributed by atoms with van der Waals surface area (Å²) in [6.07, 6.45) is 0. The summed E-state index contributed by atoms with van der Waals surface area (Å²) in [7, 11) is -10.6. The van der Waals surface area contributed by atoms with Crippen LogP contribution in [0.15, 0.2) is 0 Å². The van der Waals surface area contributed by atoms with Gasteiger partial charge in [-0.1, -0.05) is 0 Å². The summed E-state index contributed by atoms with van der Waals surface area (Å²) >= 11 is 0. The predicted octanol–water partition coefficient (Wildman–Crippen LogP) is -1.32. The summed E-state index contributed by atoms with van der Waals surface area (Å²) in [5.74, 6) is 0. The van der Waals surface area contributed by atoms with Crippen LogP contribution in [0.3, 0.4) is 0 Å². The van der Waals surface area contributed by atoms with Crippen LogP contribution in [0.2, 0.25) is 0 Å². The smallest absolute Gasteiger partial charge is 0.272 e. The molecule has 1 radical (unpaired) electrons. The second kappa shape index (κ2) is 3.42. The Morgan fingerprint density at radius 2 is 0.889 bits per heavy atom. The zero-order chi connectivity index (χ0) is 7.00. The summed E-state index contributed by atoms with van der Waals surface area (Å²) < 4.78 is 52.5. The molecule has 0 unspecified atom stereocenters. The van der Waals surface area contributed by atoms with Gasteiger partial charge >= 0.3 is 18.3 Å². The van der Waals surface area contributed by atoms with Crippen molar-refractivity contribution in [3.63, 3.8) is 0 Å². The van der Waals surface area contributed by atoms with Crippen molar-refractivity contribution in [1.29, 1.82) is 0 Å². The molecule has 0 saturated heterocycles. The van der Waals surface area contributed by atoms with Gasteiger partial charge in [0.1, 0.15) is 0 Å². The zero-order valence-corrected chi connectivity index (χ0v) is 9.18. The van der Waals surface area contributed by atoms with Gasteiger partial charge in [0, 0.05) is 35.6 Å². The molecule has 0 rings (SSSR count). The Hall–Kier alpha value is 1.01. The SMILES string of the molecule is O=S(=O)(O)S(=O)(=O)O.[La]. The molecule has 0 aliphatic rings. The van der Waals surface area contributed by atoms with Crippen molar-refractivity contribution in [2.45, 2.75) is 0 Å². The topological polar surface area (TPSA) is 109 Å². The van der Waals surface area contributed by atoms with E-state index in [0.717, 1.165) is 0 Å². The van der Waals surface area contributed by atoms with Crippen molar-refractivity contribution in [2.75, 3.05) is 0 Å². The summed E-state index contributed by atoms with van der Waals surface area (Å²) in [5.41, 5.74) is 0. The first-order valence-corrected chi connectivity index (χ1v) is 4.60. The number of rotatable bonds is 1. The van der Waals surface area contributed by atoms with Crippen LogP contribution in [0.5, 0.6) is 0 Å². The van der Waals surface area contributed by atoms with Gasteiger partial charge in [0.25, 0.3) is 0 Å². The minimum atomic E-state index is -5.31. The Bertz CT molecular complexity index is 223. The fraction of sp³-hybridized carbons (Fsp3) is 0. The molecule has 0 amide bonds. The molecule has 0 aliphatic heterocycles. The molecule has 0 spiro atoms. The maximum absolute atomic E-state index is 9.37. The fourth-order valence-electron chi connectivity index (χ4n) is 0. The molecule has 0 aliphatic carbocycles. The van der Waals surface area contributed by atoms with Crippen LogP contribution in [0.25, 0.3) is 0 Å². The summed E-state index contributed by atoms with van der Waals surface area (Å²) in [6.45, 7) is 0. The van der Waals surface area contributed by atoms with Gasteiger partial charge in [0.05, 0.1) is 0 Å². The van der Waals surface area contributed by atoms with Gasteiger partial charge in [-0.05, 0) is 0 Å². The van der Waals surface area contributed by atoms with Gasteiger partial charge in [-0.3, -0.25) is 9.11 Å². The molecule has 53 valence electrons. The van der Waals surface area contributed by atoms with Crippen molar-refractivity contribution in [3.8, 4) is 0 Å². The molecule has 6 nitrogen and oxygen atoms in total. The van der Waals surface area contributed by atoms with Crippen LogP contribution in [-0.2, 0) is 18.3 Å². The Labute approximate surface area is 79.1 Å². The molecule has 0 fully saturated rings. The van der Waals surface area contributed by atoms with E-state index in [0.29, 0.717) is 0 Å². The molecule has 0 heterocycles. The minimum Gasteiger partial charge on any atom is -0.272 e. The van der Waals surface area contributed by atoms with Gasteiger partial charge in [-0.15, -0.1) is 0 Å². The van der Waals surface area contributed by atoms with Crippen LogP contribution in [0.4, 0.5) is 0 Å². The first kappa shape index (κ1) is 12.7. The van der Waals surface area contributed by atoms with E-state index in [1.165, 1.54) is 0 Å². The molecule has 0 bridgehead atoms. The van der Waals surface area contributed by atoms with Crippen LogP contribution in [-0.4, -0.2) is 25.9 Å². The van der Waals surface area contributed by atoms with Gasteiger partial charge in [0.15, 0.2) is 0 Å². The summed E-state index contributed by atoms with van der Waals surface area (Å²) in [4.78, 5) is 0. The average molecular weight is 301 g/mol. The molecular formula is H2LaO6S2. The quantitative estimate of drug-likeness (QED) is 0.459. The van der Waals surface area contributed by atoms with Crippen molar-refractivity contribution in [2.24, 2.45) is 0 Å². The van der Waals surface area contributed by atoms with E-state index in [9.17, 15) is 16.8 Å². The van der Waals surface area contributed by atoms with Crippen LogP contribution in [0.1, 0.15) is 0 Å². The first-order valence-electron chi connectivity index (χ1n) is 1.20. The Morgan fingerprint density at radius 1 is 0.778 bits per heavy atom. The van der Waals surface area contributed by atoms with Crippen molar-refractivity contribution in [1.82, 2.24) is 0 Å². The Balaban J connectivity index is 0. The van der Waals surface area contributed by atoms with E-state index in [-0.39, 0.29) is 35.6 Å². The second-order valence-corrected chi connectivity index (χ2v) is 5.09.